The molecule has 0 spiro atoms. The van der Waals surface area contributed by atoms with Gasteiger partial charge in [0.2, 0.25) is 0 Å². The van der Waals surface area contributed by atoms with Crippen molar-refractivity contribution < 1.29 is 19.3 Å². The highest BCUT2D eigenvalue weighted by atomic mass is 16.5. The molecular weight excluding hydrogens is 390 g/mol. The van der Waals surface area contributed by atoms with E-state index in [1.807, 2.05) is 6.07 Å². The molecule has 2 aromatic heterocycles. The molecular formula is C19H21N7O4. The van der Waals surface area contributed by atoms with E-state index >= 15 is 0 Å². The minimum absolute atomic E-state index is 0.000102. The summed E-state index contributed by atoms with van der Waals surface area (Å²) in [6.07, 6.45) is 1.98. The first-order chi connectivity index (χ1) is 14.6. The van der Waals surface area contributed by atoms with Crippen molar-refractivity contribution in [2.75, 3.05) is 32.7 Å². The second-order valence-electron chi connectivity index (χ2n) is 6.09. The number of rotatable bonds is 9. The van der Waals surface area contributed by atoms with Gasteiger partial charge in [0.25, 0.3) is 0 Å². The molecule has 2 heterocycles. The molecule has 156 valence electrons. The number of benzene rings is 1. The van der Waals surface area contributed by atoms with Crippen LogP contribution in [0.25, 0.3) is 11.3 Å². The Kier molecular flexibility index (Phi) is 6.63. The molecule has 3 rings (SSSR count). The Labute approximate surface area is 172 Å². The van der Waals surface area contributed by atoms with E-state index in [9.17, 15) is 5.11 Å². The molecule has 11 nitrogen and oxygen atoms in total. The van der Waals surface area contributed by atoms with Crippen LogP contribution in [-0.2, 0) is 0 Å². The molecule has 1 unspecified atom stereocenters. The third kappa shape index (κ3) is 4.75. The first-order valence-corrected chi connectivity index (χ1v) is 8.89. The van der Waals surface area contributed by atoms with E-state index in [0.29, 0.717) is 40.1 Å². The molecule has 0 aliphatic rings. The van der Waals surface area contributed by atoms with Crippen LogP contribution in [0.3, 0.4) is 0 Å². The third-order valence-corrected chi connectivity index (χ3v) is 4.07. The molecule has 5 N–H and O–H groups in total. The van der Waals surface area contributed by atoms with Crippen LogP contribution in [0.15, 0.2) is 30.6 Å². The summed E-state index contributed by atoms with van der Waals surface area (Å²) in [5, 5.41) is 28.7. The van der Waals surface area contributed by atoms with Crippen LogP contribution in [0.2, 0.25) is 0 Å². The number of anilines is 2. The number of hydrogen-bond acceptors (Lipinski definition) is 10. The maximum Gasteiger partial charge on any atom is 0.158 e. The number of methoxy groups -OCH3 is 2. The van der Waals surface area contributed by atoms with E-state index in [2.05, 4.69) is 25.5 Å². The number of aromatic nitrogens is 4. The Morgan fingerprint density at radius 2 is 1.97 bits per heavy atom. The molecule has 11 heteroatoms. The van der Waals surface area contributed by atoms with Crippen molar-refractivity contribution in [3.63, 3.8) is 0 Å². The zero-order valence-electron chi connectivity index (χ0n) is 16.4. The molecule has 0 radical (unpaired) electrons. The van der Waals surface area contributed by atoms with Gasteiger partial charge in [-0.05, 0) is 0 Å². The summed E-state index contributed by atoms with van der Waals surface area (Å²) in [5.74, 6) is 2.33. The number of H-pyrrole nitrogens is 1. The van der Waals surface area contributed by atoms with Gasteiger partial charge in [0.05, 0.1) is 37.9 Å². The average molecular weight is 411 g/mol. The SMILES string of the molecule is COc1cc(OC)c(-c2cc(Nc3cnc(C#N)cn3)n[nH]2)c(OCC(O)CN)c1. The van der Waals surface area contributed by atoms with Gasteiger partial charge < -0.3 is 30.4 Å². The predicted octanol–water partition coefficient (Wildman–Crippen LogP) is 1.20. The summed E-state index contributed by atoms with van der Waals surface area (Å²) in [7, 11) is 3.06. The Balaban J connectivity index is 1.92. The lowest BCUT2D eigenvalue weighted by Crippen LogP contribution is -2.26. The predicted molar refractivity (Wildman–Crippen MR) is 108 cm³/mol. The summed E-state index contributed by atoms with van der Waals surface area (Å²) < 4.78 is 16.6. The van der Waals surface area contributed by atoms with Gasteiger partial charge in [0.15, 0.2) is 11.5 Å². The largest absolute Gasteiger partial charge is 0.496 e. The molecule has 0 aliphatic heterocycles. The van der Waals surface area contributed by atoms with Gasteiger partial charge in [0.1, 0.15) is 41.8 Å². The number of aliphatic hydroxyl groups is 1. The van der Waals surface area contributed by atoms with Crippen molar-refractivity contribution >= 4 is 11.6 Å². The molecule has 0 amide bonds. The monoisotopic (exact) mass is 411 g/mol. The average Bonchev–Trinajstić information content (AvgIpc) is 3.24. The van der Waals surface area contributed by atoms with Gasteiger partial charge in [-0.3, -0.25) is 5.10 Å². The summed E-state index contributed by atoms with van der Waals surface area (Å²) in [5.41, 5.74) is 6.86. The lowest BCUT2D eigenvalue weighted by Gasteiger charge is -2.17. The van der Waals surface area contributed by atoms with Crippen LogP contribution in [0.5, 0.6) is 17.2 Å². The van der Waals surface area contributed by atoms with Crippen molar-refractivity contribution in [3.05, 3.63) is 36.3 Å². The molecule has 0 aliphatic carbocycles. The second kappa shape index (κ2) is 9.55. The third-order valence-electron chi connectivity index (χ3n) is 4.07. The molecule has 3 aromatic rings. The van der Waals surface area contributed by atoms with Gasteiger partial charge in [-0.25, -0.2) is 9.97 Å². The van der Waals surface area contributed by atoms with E-state index in [0.717, 1.165) is 0 Å². The zero-order chi connectivity index (χ0) is 21.5. The number of ether oxygens (including phenoxy) is 3. The Bertz CT molecular complexity index is 1030. The quantitative estimate of drug-likeness (QED) is 0.402. The van der Waals surface area contributed by atoms with E-state index in [-0.39, 0.29) is 18.8 Å². The molecule has 0 bridgehead atoms. The Hall–Kier alpha value is -3.88. The fourth-order valence-electron chi connectivity index (χ4n) is 2.57. The number of nitrogens with one attached hydrogen (secondary N) is 2. The summed E-state index contributed by atoms with van der Waals surface area (Å²) in [4.78, 5) is 8.06. The van der Waals surface area contributed by atoms with Gasteiger partial charge in [-0.15, -0.1) is 0 Å². The van der Waals surface area contributed by atoms with Crippen molar-refractivity contribution in [2.24, 2.45) is 5.73 Å². The lowest BCUT2D eigenvalue weighted by atomic mass is 10.1. The number of aliphatic hydroxyl groups excluding tert-OH is 1. The highest BCUT2D eigenvalue weighted by Crippen LogP contribution is 2.41. The van der Waals surface area contributed by atoms with E-state index in [1.165, 1.54) is 26.6 Å². The van der Waals surface area contributed by atoms with Crippen molar-refractivity contribution in [1.82, 2.24) is 20.2 Å². The van der Waals surface area contributed by atoms with E-state index in [1.54, 1.807) is 18.2 Å². The number of hydrogen-bond donors (Lipinski definition) is 4. The Morgan fingerprint density at radius 1 is 1.17 bits per heavy atom. The normalized spacial score (nSPS) is 11.4. The van der Waals surface area contributed by atoms with Crippen LogP contribution in [0.4, 0.5) is 11.6 Å². The second-order valence-corrected chi connectivity index (χ2v) is 6.09. The molecule has 0 fully saturated rings. The van der Waals surface area contributed by atoms with E-state index < -0.39 is 6.10 Å². The van der Waals surface area contributed by atoms with Gasteiger partial charge in [-0.1, -0.05) is 0 Å². The number of aromatic amines is 1. The summed E-state index contributed by atoms with van der Waals surface area (Å²) in [6, 6.07) is 7.03. The highest BCUT2D eigenvalue weighted by Gasteiger charge is 2.19. The number of nitrogens with zero attached hydrogens (tertiary/aromatic N) is 4. The van der Waals surface area contributed by atoms with Crippen LogP contribution in [0, 0.1) is 11.3 Å². The zero-order valence-corrected chi connectivity index (χ0v) is 16.4. The first kappa shape index (κ1) is 20.8. The molecule has 1 aromatic carbocycles. The van der Waals surface area contributed by atoms with Crippen molar-refractivity contribution in [1.29, 1.82) is 5.26 Å². The first-order valence-electron chi connectivity index (χ1n) is 8.89. The maximum atomic E-state index is 9.76. The van der Waals surface area contributed by atoms with Gasteiger partial charge >= 0.3 is 0 Å². The van der Waals surface area contributed by atoms with Crippen LogP contribution < -0.4 is 25.3 Å². The molecule has 1 atom stereocenters. The summed E-state index contributed by atoms with van der Waals surface area (Å²) >= 11 is 0. The van der Waals surface area contributed by atoms with Gasteiger partial charge in [-0.2, -0.15) is 10.4 Å². The maximum absolute atomic E-state index is 9.76. The highest BCUT2D eigenvalue weighted by molar-refractivity contribution is 5.77. The minimum Gasteiger partial charge on any atom is -0.496 e. The van der Waals surface area contributed by atoms with E-state index in [4.69, 9.17) is 25.2 Å². The van der Waals surface area contributed by atoms with Gasteiger partial charge in [0, 0.05) is 24.7 Å². The smallest absolute Gasteiger partial charge is 0.158 e. The van der Waals surface area contributed by atoms with Crippen LogP contribution >= 0.6 is 0 Å². The van der Waals surface area contributed by atoms with Crippen LogP contribution in [0.1, 0.15) is 5.69 Å². The number of nitriles is 1. The topological polar surface area (TPSA) is 164 Å². The summed E-state index contributed by atoms with van der Waals surface area (Å²) in [6.45, 7) is 0.0695. The standard InChI is InChI=1S/C19H21N7O4/c1-28-13-3-15(29-2)19(16(4-13)30-10-12(27)7-21)14-5-17(26-25-14)24-18-9-22-11(6-20)8-23-18/h3-5,8-9,12,27H,7,10,21H2,1-2H3,(H2,23,24,25,26). The van der Waals surface area contributed by atoms with Crippen molar-refractivity contribution in [2.45, 2.75) is 6.10 Å². The molecule has 30 heavy (non-hydrogen) atoms. The number of nitrogens with two attached hydrogens (primary N) is 1. The minimum atomic E-state index is -0.816. The van der Waals surface area contributed by atoms with Crippen molar-refractivity contribution in [3.8, 4) is 34.6 Å². The molecule has 0 saturated carbocycles. The Morgan fingerprint density at radius 3 is 2.60 bits per heavy atom. The molecule has 0 saturated heterocycles. The fraction of sp³-hybridized carbons (Fsp3) is 0.263. The lowest BCUT2D eigenvalue weighted by molar-refractivity contribution is 0.114. The fourth-order valence-corrected chi connectivity index (χ4v) is 2.57. The van der Waals surface area contributed by atoms with Crippen LogP contribution in [-0.4, -0.2) is 58.7 Å².